The van der Waals surface area contributed by atoms with Crippen LogP contribution in [0.15, 0.2) is 18.2 Å². The van der Waals surface area contributed by atoms with Gasteiger partial charge in [0.15, 0.2) is 0 Å². The predicted molar refractivity (Wildman–Crippen MR) is 137 cm³/mol. The second-order valence-electron chi connectivity index (χ2n) is 10.8. The smallest absolute Gasteiger partial charge is 0.314 e. The van der Waals surface area contributed by atoms with Gasteiger partial charge < -0.3 is 9.47 Å². The van der Waals surface area contributed by atoms with Crippen molar-refractivity contribution >= 4 is 5.97 Å². The molecule has 0 aliphatic heterocycles. The standard InChI is InChI=1S/C30H44FNO3/c1-2-3-4-5-6-7-8-9-23-10-12-24(13-11-23)22-34-27-17-14-25(15-18-27)30(33)35-28-19-16-26(21-32)29(31)20-28/h16,19-20,23-25,27H,2-15,17-18,22H2,1H3. The first-order chi connectivity index (χ1) is 17.1. The van der Waals surface area contributed by atoms with E-state index in [1.54, 1.807) is 6.07 Å². The Balaban J connectivity index is 1.24. The van der Waals surface area contributed by atoms with E-state index in [0.717, 1.165) is 44.3 Å². The van der Waals surface area contributed by atoms with Crippen LogP contribution in [0.5, 0.6) is 5.75 Å². The maximum Gasteiger partial charge on any atom is 0.314 e. The number of esters is 1. The van der Waals surface area contributed by atoms with Crippen LogP contribution in [0.1, 0.15) is 115 Å². The van der Waals surface area contributed by atoms with Crippen molar-refractivity contribution in [3.8, 4) is 11.8 Å². The Morgan fingerprint density at radius 1 is 0.943 bits per heavy atom. The van der Waals surface area contributed by atoms with Gasteiger partial charge in [-0.1, -0.05) is 71.1 Å². The van der Waals surface area contributed by atoms with Crippen LogP contribution in [0.25, 0.3) is 0 Å². The van der Waals surface area contributed by atoms with Crippen molar-refractivity contribution < 1.29 is 18.7 Å². The topological polar surface area (TPSA) is 59.3 Å². The maximum absolute atomic E-state index is 13.7. The molecule has 0 radical (unpaired) electrons. The highest BCUT2D eigenvalue weighted by atomic mass is 19.1. The van der Waals surface area contributed by atoms with Crippen LogP contribution in [0, 0.1) is 34.9 Å². The largest absolute Gasteiger partial charge is 0.426 e. The number of unbranched alkanes of at least 4 members (excludes halogenated alkanes) is 6. The Kier molecular flexibility index (Phi) is 12.0. The number of hydrogen-bond donors (Lipinski definition) is 0. The number of nitriles is 1. The minimum Gasteiger partial charge on any atom is -0.426 e. The molecule has 194 valence electrons. The predicted octanol–water partition coefficient (Wildman–Crippen LogP) is 8.13. The number of rotatable bonds is 13. The molecule has 0 amide bonds. The van der Waals surface area contributed by atoms with E-state index >= 15 is 0 Å². The van der Waals surface area contributed by atoms with E-state index in [1.807, 2.05) is 0 Å². The quantitative estimate of drug-likeness (QED) is 0.161. The van der Waals surface area contributed by atoms with Crippen molar-refractivity contribution in [2.24, 2.45) is 17.8 Å². The molecule has 1 aromatic rings. The van der Waals surface area contributed by atoms with Gasteiger partial charge in [-0.15, -0.1) is 0 Å². The minimum atomic E-state index is -0.665. The molecule has 5 heteroatoms. The summed E-state index contributed by atoms with van der Waals surface area (Å²) in [6.07, 6.45) is 20.0. The van der Waals surface area contributed by atoms with E-state index in [2.05, 4.69) is 6.92 Å². The third kappa shape index (κ3) is 9.56. The van der Waals surface area contributed by atoms with Gasteiger partial charge >= 0.3 is 5.97 Å². The summed E-state index contributed by atoms with van der Waals surface area (Å²) in [6, 6.07) is 5.68. The lowest BCUT2D eigenvalue weighted by Crippen LogP contribution is -2.30. The molecule has 3 rings (SSSR count). The monoisotopic (exact) mass is 485 g/mol. The van der Waals surface area contributed by atoms with Gasteiger partial charge in [0.2, 0.25) is 0 Å². The Morgan fingerprint density at radius 2 is 1.60 bits per heavy atom. The van der Waals surface area contributed by atoms with Gasteiger partial charge in [-0.05, 0) is 62.5 Å². The van der Waals surface area contributed by atoms with Gasteiger partial charge in [0, 0.05) is 12.7 Å². The molecule has 4 nitrogen and oxygen atoms in total. The molecular weight excluding hydrogens is 441 g/mol. The summed E-state index contributed by atoms with van der Waals surface area (Å²) < 4.78 is 25.4. The fraction of sp³-hybridized carbons (Fsp3) is 0.733. The van der Waals surface area contributed by atoms with Crippen LogP contribution in [0.2, 0.25) is 0 Å². The van der Waals surface area contributed by atoms with Gasteiger partial charge in [0.05, 0.1) is 17.6 Å². The minimum absolute atomic E-state index is 0.0518. The second-order valence-corrected chi connectivity index (χ2v) is 10.8. The first-order valence-corrected chi connectivity index (χ1v) is 14.1. The average molecular weight is 486 g/mol. The highest BCUT2D eigenvalue weighted by Crippen LogP contribution is 2.34. The van der Waals surface area contributed by atoms with E-state index in [-0.39, 0.29) is 29.3 Å². The van der Waals surface area contributed by atoms with Crippen LogP contribution < -0.4 is 4.74 Å². The Bertz CT molecular complexity index is 804. The summed E-state index contributed by atoms with van der Waals surface area (Å²) >= 11 is 0. The van der Waals surface area contributed by atoms with Gasteiger partial charge in [0.1, 0.15) is 17.6 Å². The zero-order valence-electron chi connectivity index (χ0n) is 21.6. The lowest BCUT2D eigenvalue weighted by Gasteiger charge is -2.31. The summed E-state index contributed by atoms with van der Waals surface area (Å²) in [5.74, 6) is 0.624. The zero-order chi connectivity index (χ0) is 24.9. The van der Waals surface area contributed by atoms with E-state index in [9.17, 15) is 9.18 Å². The molecular formula is C30H44FNO3. The molecule has 2 aliphatic rings. The lowest BCUT2D eigenvalue weighted by molar-refractivity contribution is -0.141. The van der Waals surface area contributed by atoms with Crippen LogP contribution in [-0.4, -0.2) is 18.7 Å². The van der Waals surface area contributed by atoms with Crippen LogP contribution in [0.4, 0.5) is 4.39 Å². The van der Waals surface area contributed by atoms with Crippen molar-refractivity contribution in [3.05, 3.63) is 29.6 Å². The van der Waals surface area contributed by atoms with E-state index < -0.39 is 5.82 Å². The number of halogens is 1. The molecule has 0 bridgehead atoms. The number of hydrogen-bond acceptors (Lipinski definition) is 4. The van der Waals surface area contributed by atoms with Crippen molar-refractivity contribution in [1.29, 1.82) is 5.26 Å². The van der Waals surface area contributed by atoms with Crippen LogP contribution in [-0.2, 0) is 9.53 Å². The molecule has 0 heterocycles. The van der Waals surface area contributed by atoms with Crippen molar-refractivity contribution in [2.45, 2.75) is 116 Å². The maximum atomic E-state index is 13.7. The summed E-state index contributed by atoms with van der Waals surface area (Å²) in [4.78, 5) is 12.5. The second kappa shape index (κ2) is 15.2. The lowest BCUT2D eigenvalue weighted by atomic mass is 9.80. The molecule has 2 aliphatic carbocycles. The number of nitrogens with zero attached hydrogens (tertiary/aromatic N) is 1. The average Bonchev–Trinajstić information content (AvgIpc) is 2.88. The SMILES string of the molecule is CCCCCCCCCC1CCC(COC2CCC(C(=O)Oc3ccc(C#N)c(F)c3)CC2)CC1. The number of ether oxygens (including phenoxy) is 2. The van der Waals surface area contributed by atoms with E-state index in [4.69, 9.17) is 14.7 Å². The van der Waals surface area contributed by atoms with Gasteiger partial charge in [-0.25, -0.2) is 4.39 Å². The van der Waals surface area contributed by atoms with E-state index in [1.165, 1.54) is 89.2 Å². The fourth-order valence-corrected chi connectivity index (χ4v) is 5.66. The molecule has 1 aromatic carbocycles. The normalized spacial score (nSPS) is 24.6. The molecule has 0 atom stereocenters. The van der Waals surface area contributed by atoms with Crippen LogP contribution in [0.3, 0.4) is 0 Å². The molecule has 0 saturated heterocycles. The van der Waals surface area contributed by atoms with Crippen molar-refractivity contribution in [3.63, 3.8) is 0 Å². The number of benzene rings is 1. The molecule has 0 aromatic heterocycles. The summed E-state index contributed by atoms with van der Waals surface area (Å²) in [5.41, 5.74) is -0.0518. The molecule has 2 fully saturated rings. The summed E-state index contributed by atoms with van der Waals surface area (Å²) in [7, 11) is 0. The van der Waals surface area contributed by atoms with Gasteiger partial charge in [0.25, 0.3) is 0 Å². The fourth-order valence-electron chi connectivity index (χ4n) is 5.66. The van der Waals surface area contributed by atoms with Crippen LogP contribution >= 0.6 is 0 Å². The highest BCUT2D eigenvalue weighted by molar-refractivity contribution is 5.75. The highest BCUT2D eigenvalue weighted by Gasteiger charge is 2.29. The third-order valence-electron chi connectivity index (χ3n) is 8.04. The van der Waals surface area contributed by atoms with Gasteiger partial charge in [-0.2, -0.15) is 5.26 Å². The Morgan fingerprint density at radius 3 is 2.26 bits per heavy atom. The third-order valence-corrected chi connectivity index (χ3v) is 8.04. The van der Waals surface area contributed by atoms with E-state index in [0.29, 0.717) is 5.92 Å². The number of carbonyl (C=O) groups excluding carboxylic acids is 1. The number of carbonyl (C=O) groups is 1. The van der Waals surface area contributed by atoms with Gasteiger partial charge in [-0.3, -0.25) is 4.79 Å². The zero-order valence-corrected chi connectivity index (χ0v) is 21.6. The molecule has 0 unspecified atom stereocenters. The summed E-state index contributed by atoms with van der Waals surface area (Å²) in [6.45, 7) is 3.13. The first-order valence-electron chi connectivity index (χ1n) is 14.1. The summed E-state index contributed by atoms with van der Waals surface area (Å²) in [5, 5.41) is 8.82. The Labute approximate surface area is 211 Å². The molecule has 0 N–H and O–H groups in total. The first kappa shape index (κ1) is 27.7. The Hall–Kier alpha value is -1.93. The molecule has 2 saturated carbocycles. The molecule has 35 heavy (non-hydrogen) atoms. The van der Waals surface area contributed by atoms with Crippen molar-refractivity contribution in [1.82, 2.24) is 0 Å². The molecule has 0 spiro atoms. The van der Waals surface area contributed by atoms with Crippen molar-refractivity contribution in [2.75, 3.05) is 6.61 Å².